The molecule has 98 valence electrons. The molecule has 2 nitrogen and oxygen atoms in total. The van der Waals surface area contributed by atoms with Crippen LogP contribution in [0, 0.1) is 0 Å². The number of aromatic nitrogens is 1. The van der Waals surface area contributed by atoms with Crippen LogP contribution in [0.3, 0.4) is 0 Å². The van der Waals surface area contributed by atoms with E-state index >= 15 is 0 Å². The maximum atomic E-state index is 11.9. The zero-order chi connectivity index (χ0) is 12.9. The van der Waals surface area contributed by atoms with E-state index in [1.807, 2.05) is 13.1 Å². The van der Waals surface area contributed by atoms with Crippen molar-refractivity contribution in [1.82, 2.24) is 10.3 Å². The van der Waals surface area contributed by atoms with Crippen LogP contribution in [0.5, 0.6) is 0 Å². The van der Waals surface area contributed by atoms with E-state index in [0.29, 0.717) is 6.54 Å². The summed E-state index contributed by atoms with van der Waals surface area (Å²) in [6.07, 6.45) is 2.76. The van der Waals surface area contributed by atoms with Crippen molar-refractivity contribution in [2.75, 3.05) is 12.3 Å². The summed E-state index contributed by atoms with van der Waals surface area (Å²) in [6, 6.07) is 0.00846. The molecule has 0 bridgehead atoms. The molecule has 1 rings (SSSR count). The Bertz CT molecular complexity index is 339. The molecule has 0 amide bonds. The summed E-state index contributed by atoms with van der Waals surface area (Å²) < 4.78 is 35.6. The number of hydrogen-bond donors (Lipinski definition) is 1. The molecule has 1 N–H and O–H groups in total. The van der Waals surface area contributed by atoms with Gasteiger partial charge in [-0.05, 0) is 25.1 Å². The Balaban J connectivity index is 2.27. The Kier molecular flexibility index (Phi) is 5.75. The Morgan fingerprint density at radius 2 is 2.24 bits per heavy atom. The maximum Gasteiger partial charge on any atom is 0.441 e. The van der Waals surface area contributed by atoms with Crippen molar-refractivity contribution in [3.63, 3.8) is 0 Å². The molecule has 0 aliphatic rings. The van der Waals surface area contributed by atoms with E-state index in [9.17, 15) is 13.2 Å². The Morgan fingerprint density at radius 1 is 1.53 bits per heavy atom. The van der Waals surface area contributed by atoms with E-state index in [1.165, 1.54) is 4.88 Å². The lowest BCUT2D eigenvalue weighted by Crippen LogP contribution is -2.22. The number of alkyl halides is 3. The van der Waals surface area contributed by atoms with Crippen molar-refractivity contribution in [2.24, 2.45) is 0 Å². The second kappa shape index (κ2) is 6.61. The van der Waals surface area contributed by atoms with Crippen molar-refractivity contribution in [2.45, 2.75) is 31.8 Å². The first kappa shape index (κ1) is 14.8. The van der Waals surface area contributed by atoms with Gasteiger partial charge in [0.1, 0.15) is 5.01 Å². The quantitative estimate of drug-likeness (QED) is 0.808. The zero-order valence-electron chi connectivity index (χ0n) is 9.67. The van der Waals surface area contributed by atoms with Gasteiger partial charge in [0.05, 0.1) is 6.04 Å². The van der Waals surface area contributed by atoms with Gasteiger partial charge >= 0.3 is 5.51 Å². The minimum Gasteiger partial charge on any atom is -0.307 e. The molecule has 1 atom stereocenters. The second-order valence-corrected chi connectivity index (χ2v) is 5.79. The van der Waals surface area contributed by atoms with Crippen molar-refractivity contribution in [1.29, 1.82) is 0 Å². The Morgan fingerprint density at radius 3 is 2.76 bits per heavy atom. The summed E-state index contributed by atoms with van der Waals surface area (Å²) in [4.78, 5) is 5.43. The van der Waals surface area contributed by atoms with Crippen molar-refractivity contribution >= 4 is 23.1 Å². The largest absolute Gasteiger partial charge is 0.441 e. The average molecular weight is 284 g/mol. The van der Waals surface area contributed by atoms with Crippen LogP contribution in [-0.2, 0) is 6.42 Å². The first-order chi connectivity index (χ1) is 7.92. The summed E-state index contributed by atoms with van der Waals surface area (Å²) in [6.45, 7) is 4.29. The number of halogens is 3. The SMILES string of the molecule is CCc1cnc(C(C)NCCSC(F)(F)F)s1. The molecular weight excluding hydrogens is 269 g/mol. The molecule has 17 heavy (non-hydrogen) atoms. The molecule has 0 aromatic carbocycles. The minimum absolute atomic E-state index is 0.000954. The summed E-state index contributed by atoms with van der Waals surface area (Å²) in [5.41, 5.74) is -4.14. The molecule has 0 fully saturated rings. The molecule has 0 spiro atoms. The summed E-state index contributed by atoms with van der Waals surface area (Å²) in [5, 5.41) is 3.97. The Labute approximate surface area is 107 Å². The first-order valence-electron chi connectivity index (χ1n) is 5.31. The number of hydrogen-bond acceptors (Lipinski definition) is 4. The van der Waals surface area contributed by atoms with Crippen molar-refractivity contribution in [3.8, 4) is 0 Å². The third kappa shape index (κ3) is 5.74. The van der Waals surface area contributed by atoms with Gasteiger partial charge in [0.15, 0.2) is 0 Å². The molecule has 0 saturated heterocycles. The number of thioether (sulfide) groups is 1. The average Bonchev–Trinajstić information content (AvgIpc) is 2.71. The molecule has 1 heterocycles. The fraction of sp³-hybridized carbons (Fsp3) is 0.700. The predicted molar refractivity (Wildman–Crippen MR) is 66.4 cm³/mol. The van der Waals surface area contributed by atoms with E-state index in [-0.39, 0.29) is 23.6 Å². The fourth-order valence-electron chi connectivity index (χ4n) is 1.22. The molecule has 7 heteroatoms. The molecule has 0 aliphatic carbocycles. The smallest absolute Gasteiger partial charge is 0.307 e. The van der Waals surface area contributed by atoms with Crippen LogP contribution >= 0.6 is 23.1 Å². The molecular formula is C10H15F3N2S2. The van der Waals surface area contributed by atoms with Gasteiger partial charge in [-0.2, -0.15) is 13.2 Å². The van der Waals surface area contributed by atoms with E-state index < -0.39 is 5.51 Å². The highest BCUT2D eigenvalue weighted by molar-refractivity contribution is 8.00. The van der Waals surface area contributed by atoms with E-state index in [1.54, 1.807) is 11.3 Å². The highest BCUT2D eigenvalue weighted by atomic mass is 32.2. The normalized spacial score (nSPS) is 13.9. The van der Waals surface area contributed by atoms with E-state index in [2.05, 4.69) is 17.2 Å². The van der Waals surface area contributed by atoms with Crippen molar-refractivity contribution in [3.05, 3.63) is 16.1 Å². The summed E-state index contributed by atoms with van der Waals surface area (Å²) >= 11 is 1.60. The number of aryl methyl sites for hydroxylation is 1. The molecule has 1 aromatic rings. The molecule has 0 aliphatic heterocycles. The van der Waals surface area contributed by atoms with Gasteiger partial charge in [-0.3, -0.25) is 0 Å². The van der Waals surface area contributed by atoms with Crippen molar-refractivity contribution < 1.29 is 13.2 Å². The van der Waals surface area contributed by atoms with Crippen LogP contribution in [0.25, 0.3) is 0 Å². The summed E-state index contributed by atoms with van der Waals surface area (Å²) in [7, 11) is 0. The topological polar surface area (TPSA) is 24.9 Å². The lowest BCUT2D eigenvalue weighted by molar-refractivity contribution is -0.0327. The lowest BCUT2D eigenvalue weighted by Gasteiger charge is -2.11. The van der Waals surface area contributed by atoms with Crippen LogP contribution in [0.1, 0.15) is 29.8 Å². The zero-order valence-corrected chi connectivity index (χ0v) is 11.3. The van der Waals surface area contributed by atoms with Gasteiger partial charge in [-0.15, -0.1) is 11.3 Å². The van der Waals surface area contributed by atoms with Gasteiger partial charge in [0.2, 0.25) is 0 Å². The maximum absolute atomic E-state index is 11.9. The minimum atomic E-state index is -4.14. The van der Waals surface area contributed by atoms with Gasteiger partial charge in [0.25, 0.3) is 0 Å². The van der Waals surface area contributed by atoms with Crippen LogP contribution < -0.4 is 5.32 Å². The number of nitrogens with zero attached hydrogens (tertiary/aromatic N) is 1. The monoisotopic (exact) mass is 284 g/mol. The third-order valence-corrected chi connectivity index (χ3v) is 4.17. The van der Waals surface area contributed by atoms with Gasteiger partial charge in [-0.1, -0.05) is 6.92 Å². The van der Waals surface area contributed by atoms with Crippen LogP contribution in [0.4, 0.5) is 13.2 Å². The van der Waals surface area contributed by atoms with Crippen LogP contribution in [0.15, 0.2) is 6.20 Å². The first-order valence-corrected chi connectivity index (χ1v) is 7.11. The molecule has 0 radical (unpaired) electrons. The number of thiazole rings is 1. The summed E-state index contributed by atoms with van der Waals surface area (Å²) in [5.74, 6) is 0.0276. The fourth-order valence-corrected chi connectivity index (χ4v) is 2.55. The van der Waals surface area contributed by atoms with Gasteiger partial charge in [-0.25, -0.2) is 4.98 Å². The van der Waals surface area contributed by atoms with E-state index in [4.69, 9.17) is 0 Å². The number of rotatable bonds is 6. The number of nitrogens with one attached hydrogen (secondary N) is 1. The highest BCUT2D eigenvalue weighted by Gasteiger charge is 2.27. The lowest BCUT2D eigenvalue weighted by atomic mass is 10.3. The molecule has 0 saturated carbocycles. The Hall–Kier alpha value is -0.270. The predicted octanol–water partition coefficient (Wildman–Crippen LogP) is 3.61. The van der Waals surface area contributed by atoms with Gasteiger partial charge in [0, 0.05) is 23.4 Å². The van der Waals surface area contributed by atoms with Crippen LogP contribution in [0.2, 0.25) is 0 Å². The molecule has 1 unspecified atom stereocenters. The van der Waals surface area contributed by atoms with Crippen LogP contribution in [-0.4, -0.2) is 22.8 Å². The molecule has 1 aromatic heterocycles. The second-order valence-electron chi connectivity index (χ2n) is 3.49. The van der Waals surface area contributed by atoms with E-state index in [0.717, 1.165) is 11.4 Å². The van der Waals surface area contributed by atoms with Gasteiger partial charge < -0.3 is 5.32 Å². The highest BCUT2D eigenvalue weighted by Crippen LogP contribution is 2.29. The standard InChI is InChI=1S/C10H15F3N2S2/c1-3-8-6-15-9(17-8)7(2)14-4-5-16-10(11,12)13/h6-7,14H,3-5H2,1-2H3. The third-order valence-electron chi connectivity index (χ3n) is 2.11.